The molecule has 2 aliphatic rings. The number of hydrogen-bond donors (Lipinski definition) is 2. The van der Waals surface area contributed by atoms with E-state index in [1.165, 1.54) is 19.6 Å². The van der Waals surface area contributed by atoms with E-state index in [0.29, 0.717) is 12.8 Å². The van der Waals surface area contributed by atoms with E-state index in [9.17, 15) is 19.8 Å². The first kappa shape index (κ1) is 30.6. The molecule has 0 radical (unpaired) electrons. The molecule has 2 rings (SSSR count). The van der Waals surface area contributed by atoms with Crippen molar-refractivity contribution in [1.29, 1.82) is 0 Å². The third-order valence-corrected chi connectivity index (χ3v) is 8.76. The van der Waals surface area contributed by atoms with Gasteiger partial charge in [0, 0.05) is 20.6 Å². The summed E-state index contributed by atoms with van der Waals surface area (Å²) < 4.78 is 0. The summed E-state index contributed by atoms with van der Waals surface area (Å²) in [4.78, 5) is 27.9. The third-order valence-electron chi connectivity index (χ3n) is 6.61. The van der Waals surface area contributed by atoms with Crippen molar-refractivity contribution >= 4 is 35.5 Å². The van der Waals surface area contributed by atoms with Crippen LogP contribution in [-0.2, 0) is 9.59 Å². The summed E-state index contributed by atoms with van der Waals surface area (Å²) >= 11 is 3.57. The molecule has 2 N–H and O–H groups in total. The summed E-state index contributed by atoms with van der Waals surface area (Å²) in [6.07, 6.45) is 18.4. The van der Waals surface area contributed by atoms with Gasteiger partial charge >= 0.3 is 11.9 Å². The van der Waals surface area contributed by atoms with Crippen LogP contribution in [0.5, 0.6) is 0 Å². The van der Waals surface area contributed by atoms with Crippen LogP contribution in [-0.4, -0.2) is 22.2 Å². The first-order valence-corrected chi connectivity index (χ1v) is 14.4. The van der Waals surface area contributed by atoms with Gasteiger partial charge in [0.15, 0.2) is 0 Å². The lowest BCUT2D eigenvalue weighted by Gasteiger charge is -2.27. The van der Waals surface area contributed by atoms with Gasteiger partial charge in [-0.3, -0.25) is 9.59 Å². The van der Waals surface area contributed by atoms with E-state index in [4.69, 9.17) is 0 Å². The molecule has 0 saturated carbocycles. The van der Waals surface area contributed by atoms with Gasteiger partial charge in [-0.05, 0) is 88.2 Å². The van der Waals surface area contributed by atoms with Crippen molar-refractivity contribution in [3.8, 4) is 0 Å². The lowest BCUT2D eigenvalue weighted by atomic mass is 9.86. The molecule has 0 amide bonds. The van der Waals surface area contributed by atoms with E-state index in [1.54, 1.807) is 51.2 Å². The van der Waals surface area contributed by atoms with Gasteiger partial charge in [0.25, 0.3) is 0 Å². The average molecular weight is 533 g/mol. The van der Waals surface area contributed by atoms with Gasteiger partial charge in [-0.2, -0.15) is 0 Å². The predicted octanol–water partition coefficient (Wildman–Crippen LogP) is 9.19. The lowest BCUT2D eigenvalue weighted by Crippen LogP contribution is -2.23. The number of allylic oxidation sites excluding steroid dienone is 8. The van der Waals surface area contributed by atoms with Crippen LogP contribution in [0.1, 0.15) is 93.9 Å². The minimum Gasteiger partial charge on any atom is -0.481 e. The maximum absolute atomic E-state index is 11.4. The number of carboxylic acids is 2. The Hall–Kier alpha value is -1.66. The summed E-state index contributed by atoms with van der Waals surface area (Å²) in [6, 6.07) is 0. The molecule has 0 bridgehead atoms. The summed E-state index contributed by atoms with van der Waals surface area (Å²) in [7, 11) is 0. The van der Waals surface area contributed by atoms with Gasteiger partial charge in [0.2, 0.25) is 0 Å². The molecule has 0 fully saturated rings. The number of thioether (sulfide) groups is 2. The molecule has 2 heterocycles. The molecule has 0 saturated heterocycles. The van der Waals surface area contributed by atoms with E-state index in [0.717, 1.165) is 25.7 Å². The zero-order valence-corrected chi connectivity index (χ0v) is 24.9. The predicted molar refractivity (Wildman–Crippen MR) is 155 cm³/mol. The fraction of sp³-hybridized carbons (Fsp3) is 0.600. The Morgan fingerprint density at radius 2 is 1.06 bits per heavy atom. The highest BCUT2D eigenvalue weighted by Gasteiger charge is 2.28. The van der Waals surface area contributed by atoms with Gasteiger partial charge in [0.1, 0.15) is 0 Å². The maximum atomic E-state index is 11.4. The Morgan fingerprint density at radius 1 is 0.722 bits per heavy atom. The first-order valence-electron chi connectivity index (χ1n) is 12.8. The number of carbonyl (C=O) groups is 2. The molecule has 6 heteroatoms. The van der Waals surface area contributed by atoms with Crippen molar-refractivity contribution in [3.05, 3.63) is 56.1 Å². The van der Waals surface area contributed by atoms with E-state index in [2.05, 4.69) is 64.2 Å². The van der Waals surface area contributed by atoms with Crippen LogP contribution in [0.25, 0.3) is 0 Å². The van der Waals surface area contributed by atoms with Gasteiger partial charge in [0.05, 0.1) is 10.8 Å². The molecular weight excluding hydrogens is 488 g/mol. The maximum Gasteiger partial charge on any atom is 0.309 e. The highest BCUT2D eigenvalue weighted by Crippen LogP contribution is 2.44. The second-order valence-electron chi connectivity index (χ2n) is 12.6. The van der Waals surface area contributed by atoms with Crippen molar-refractivity contribution in [1.82, 2.24) is 0 Å². The van der Waals surface area contributed by atoms with Gasteiger partial charge < -0.3 is 10.2 Å². The minimum absolute atomic E-state index is 0.0437. The number of aliphatic carboxylic acids is 2. The summed E-state index contributed by atoms with van der Waals surface area (Å²) in [5.41, 5.74) is -1.48. The van der Waals surface area contributed by atoms with Crippen molar-refractivity contribution in [2.24, 2.45) is 21.7 Å². The van der Waals surface area contributed by atoms with Gasteiger partial charge in [-0.25, -0.2) is 0 Å². The molecular formula is C30H44O4S2. The molecule has 0 spiro atoms. The highest BCUT2D eigenvalue weighted by atomic mass is 32.2. The van der Waals surface area contributed by atoms with E-state index in [1.807, 2.05) is 0 Å². The van der Waals surface area contributed by atoms with Crippen molar-refractivity contribution in [3.63, 3.8) is 0 Å². The molecule has 2 aliphatic heterocycles. The fourth-order valence-electron chi connectivity index (χ4n) is 4.26. The SMILES string of the molecule is CC1(C)C=C(C=CC2=CC(C)(C)C=C(CCCC(C)(C)C(=O)O)S2)SC(CCCC(C)(C)C(=O)O)=C1. The monoisotopic (exact) mass is 532 g/mol. The topological polar surface area (TPSA) is 74.6 Å². The van der Waals surface area contributed by atoms with Gasteiger partial charge in [-0.1, -0.05) is 75.5 Å². The van der Waals surface area contributed by atoms with E-state index < -0.39 is 22.8 Å². The number of carboxylic acid groups (broad SMARTS) is 2. The average Bonchev–Trinajstić information content (AvgIpc) is 2.69. The molecule has 0 atom stereocenters. The van der Waals surface area contributed by atoms with E-state index in [-0.39, 0.29) is 10.8 Å². The third kappa shape index (κ3) is 9.66. The lowest BCUT2D eigenvalue weighted by molar-refractivity contribution is -0.148. The highest BCUT2D eigenvalue weighted by molar-refractivity contribution is 8.07. The summed E-state index contributed by atoms with van der Waals surface area (Å²) in [5, 5.41) is 18.8. The van der Waals surface area contributed by atoms with E-state index >= 15 is 0 Å². The zero-order valence-electron chi connectivity index (χ0n) is 23.2. The van der Waals surface area contributed by atoms with Crippen LogP contribution in [0.3, 0.4) is 0 Å². The van der Waals surface area contributed by atoms with Crippen molar-refractivity contribution in [2.75, 3.05) is 0 Å². The normalized spacial score (nSPS) is 19.9. The summed E-state index contributed by atoms with van der Waals surface area (Å²) in [6.45, 7) is 16.0. The molecule has 0 aromatic heterocycles. The fourth-order valence-corrected chi connectivity index (χ4v) is 7.09. The van der Waals surface area contributed by atoms with Crippen molar-refractivity contribution < 1.29 is 19.8 Å². The summed E-state index contributed by atoms with van der Waals surface area (Å²) in [5.74, 6) is -1.48. The Balaban J connectivity index is 2.01. The number of hydrogen-bond acceptors (Lipinski definition) is 4. The standard InChI is InChI=1S/C30H44O4S2/c1-27(2)17-21(11-9-15-29(5,6)25(31)32)35-23(19-27)13-14-24-20-28(3,4)18-22(36-24)12-10-16-30(7,8)26(33)34/h13-14,17-20H,9-12,15-16H2,1-8H3,(H,31,32)(H,33,34). The Labute approximate surface area is 226 Å². The molecule has 0 unspecified atom stereocenters. The molecule has 0 aliphatic carbocycles. The van der Waals surface area contributed by atoms with Crippen LogP contribution in [0.2, 0.25) is 0 Å². The Bertz CT molecular complexity index is 924. The van der Waals surface area contributed by atoms with Gasteiger partial charge in [-0.15, -0.1) is 0 Å². The van der Waals surface area contributed by atoms with Crippen molar-refractivity contribution in [2.45, 2.75) is 93.9 Å². The second-order valence-corrected chi connectivity index (χ2v) is 15.0. The minimum atomic E-state index is -0.739. The number of rotatable bonds is 12. The molecule has 36 heavy (non-hydrogen) atoms. The van der Waals surface area contributed by atoms with Crippen LogP contribution in [0.4, 0.5) is 0 Å². The molecule has 0 aromatic rings. The van der Waals surface area contributed by atoms with Crippen LogP contribution >= 0.6 is 23.5 Å². The molecule has 200 valence electrons. The van der Waals surface area contributed by atoms with Crippen LogP contribution in [0.15, 0.2) is 56.1 Å². The molecule has 0 aromatic carbocycles. The van der Waals surface area contributed by atoms with Crippen LogP contribution < -0.4 is 0 Å². The Morgan fingerprint density at radius 3 is 1.36 bits per heavy atom. The second kappa shape index (κ2) is 11.8. The smallest absolute Gasteiger partial charge is 0.309 e. The quantitative estimate of drug-likeness (QED) is 0.261. The van der Waals surface area contributed by atoms with Crippen LogP contribution in [0, 0.1) is 21.7 Å². The zero-order chi connectivity index (χ0) is 27.4. The first-order chi connectivity index (χ1) is 16.4. The Kier molecular flexibility index (Phi) is 10.0. The largest absolute Gasteiger partial charge is 0.481 e. The molecule has 4 nitrogen and oxygen atoms in total.